The Bertz CT molecular complexity index is 236. The van der Waals surface area contributed by atoms with Crippen LogP contribution in [0.25, 0.3) is 0 Å². The van der Waals surface area contributed by atoms with Gasteiger partial charge in [0.1, 0.15) is 0 Å². The Morgan fingerprint density at radius 2 is 2.00 bits per heavy atom. The molecule has 9 heteroatoms. The molecule has 86 valence electrons. The fraction of sp³-hybridized carbons (Fsp3) is 1.00. The molecule has 14 heavy (non-hydrogen) atoms. The summed E-state index contributed by atoms with van der Waals surface area (Å²) in [7, 11) is -5.21. The number of hydrogen-bond acceptors (Lipinski definition) is 4. The standard InChI is InChI=1S/C5H9F4O4P/c1-4-3-11-14(9,10-2,12-4)13-5(6,7)8/h4H,3H2,1-2H3. The first-order valence-electron chi connectivity index (χ1n) is 3.59. The molecule has 0 N–H and O–H groups in total. The van der Waals surface area contributed by atoms with Crippen molar-refractivity contribution in [2.75, 3.05) is 13.7 Å². The van der Waals surface area contributed by atoms with E-state index >= 15 is 0 Å². The molecule has 1 atom stereocenters. The second kappa shape index (κ2) is 3.24. The molecule has 1 heterocycles. The molecule has 0 radical (unpaired) electrons. The van der Waals surface area contributed by atoms with Crippen molar-refractivity contribution < 1.29 is 35.5 Å². The first-order valence-corrected chi connectivity index (χ1v) is 5.39. The van der Waals surface area contributed by atoms with Crippen LogP contribution in [0.4, 0.5) is 17.4 Å². The molecule has 1 aliphatic rings. The third-order valence-corrected chi connectivity index (χ3v) is 3.75. The van der Waals surface area contributed by atoms with E-state index in [1.165, 1.54) is 6.92 Å². The first-order chi connectivity index (χ1) is 6.17. The van der Waals surface area contributed by atoms with Gasteiger partial charge in [0.25, 0.3) is 0 Å². The molecule has 1 rings (SSSR count). The first kappa shape index (κ1) is 12.1. The SMILES string of the molecule is COP1(F)(OC(F)(F)F)OCC(C)O1. The third kappa shape index (κ3) is 2.52. The van der Waals surface area contributed by atoms with Crippen molar-refractivity contribution in [2.24, 2.45) is 0 Å². The van der Waals surface area contributed by atoms with Crippen molar-refractivity contribution in [3.05, 3.63) is 0 Å². The Balaban J connectivity index is 2.85. The van der Waals surface area contributed by atoms with Crippen molar-refractivity contribution >= 4 is 7.82 Å². The molecule has 4 nitrogen and oxygen atoms in total. The van der Waals surface area contributed by atoms with Crippen LogP contribution in [-0.2, 0) is 18.1 Å². The summed E-state index contributed by atoms with van der Waals surface area (Å²) < 4.78 is 65.0. The minimum atomic E-state index is -5.90. The van der Waals surface area contributed by atoms with Crippen LogP contribution >= 0.6 is 7.82 Å². The molecular formula is C5H9F4O4P. The van der Waals surface area contributed by atoms with Crippen molar-refractivity contribution in [1.82, 2.24) is 0 Å². The molecule has 0 aromatic rings. The zero-order valence-corrected chi connectivity index (χ0v) is 8.27. The van der Waals surface area contributed by atoms with E-state index in [1.807, 2.05) is 0 Å². The molecule has 0 amide bonds. The fourth-order valence-electron chi connectivity index (χ4n) is 0.920. The number of rotatable bonds is 2. The summed E-state index contributed by atoms with van der Waals surface area (Å²) in [5.41, 5.74) is 0. The topological polar surface area (TPSA) is 36.9 Å². The van der Waals surface area contributed by atoms with Crippen molar-refractivity contribution in [2.45, 2.75) is 19.4 Å². The van der Waals surface area contributed by atoms with Gasteiger partial charge in [-0.05, 0) is 0 Å². The molecular weight excluding hydrogens is 231 g/mol. The number of alkyl halides is 3. The summed E-state index contributed by atoms with van der Waals surface area (Å²) in [4.78, 5) is 0. The van der Waals surface area contributed by atoms with Crippen LogP contribution in [-0.4, -0.2) is 26.2 Å². The Labute approximate surface area is 77.4 Å². The van der Waals surface area contributed by atoms with E-state index in [0.717, 1.165) is 0 Å². The van der Waals surface area contributed by atoms with Gasteiger partial charge < -0.3 is 0 Å². The van der Waals surface area contributed by atoms with Gasteiger partial charge in [-0.3, -0.25) is 0 Å². The molecule has 1 aliphatic heterocycles. The molecule has 0 spiro atoms. The summed E-state index contributed by atoms with van der Waals surface area (Å²) >= 11 is 0. The Morgan fingerprint density at radius 1 is 1.43 bits per heavy atom. The van der Waals surface area contributed by atoms with Crippen LogP contribution in [0.2, 0.25) is 0 Å². The maximum absolute atomic E-state index is 13.7. The average Bonchev–Trinajstić information content (AvgIpc) is 2.26. The molecule has 1 fully saturated rings. The van der Waals surface area contributed by atoms with Gasteiger partial charge in [0.2, 0.25) is 0 Å². The summed E-state index contributed by atoms with van der Waals surface area (Å²) in [5.74, 6) is 0. The molecule has 1 unspecified atom stereocenters. The van der Waals surface area contributed by atoms with Crippen LogP contribution in [0.1, 0.15) is 6.92 Å². The van der Waals surface area contributed by atoms with Gasteiger partial charge >= 0.3 is 76.4 Å². The van der Waals surface area contributed by atoms with Crippen LogP contribution < -0.4 is 0 Å². The molecule has 0 aliphatic carbocycles. The normalized spacial score (nSPS) is 33.6. The van der Waals surface area contributed by atoms with E-state index < -0.39 is 20.3 Å². The summed E-state index contributed by atoms with van der Waals surface area (Å²) in [6, 6.07) is 0. The summed E-state index contributed by atoms with van der Waals surface area (Å²) in [5, 5.41) is 0. The van der Waals surface area contributed by atoms with E-state index in [2.05, 4.69) is 18.1 Å². The summed E-state index contributed by atoms with van der Waals surface area (Å²) in [6.45, 7) is 0.991. The third-order valence-electron chi connectivity index (χ3n) is 1.41. The van der Waals surface area contributed by atoms with Crippen LogP contribution in [0.5, 0.6) is 0 Å². The second-order valence-corrected chi connectivity index (χ2v) is 5.12. The molecule has 0 bridgehead atoms. The zero-order valence-electron chi connectivity index (χ0n) is 7.38. The van der Waals surface area contributed by atoms with Gasteiger partial charge in [-0.1, -0.05) is 0 Å². The predicted molar refractivity (Wildman–Crippen MR) is 38.7 cm³/mol. The minimum absolute atomic E-state index is 0.349. The number of halogens is 4. The monoisotopic (exact) mass is 240 g/mol. The Hall–Kier alpha value is -0.0100. The van der Waals surface area contributed by atoms with Crippen LogP contribution in [0.3, 0.4) is 0 Å². The zero-order chi connectivity index (χ0) is 11.1. The predicted octanol–water partition coefficient (Wildman–Crippen LogP) is 2.70. The van der Waals surface area contributed by atoms with Gasteiger partial charge in [0.05, 0.1) is 0 Å². The fourth-order valence-corrected chi connectivity index (χ4v) is 2.76. The quantitative estimate of drug-likeness (QED) is 0.549. The summed E-state index contributed by atoms with van der Waals surface area (Å²) in [6.07, 6.45) is -6.06. The number of hydrogen-bond donors (Lipinski definition) is 0. The molecule has 0 aromatic heterocycles. The van der Waals surface area contributed by atoms with Gasteiger partial charge in [0, 0.05) is 0 Å². The maximum atomic E-state index is 13.7. The second-order valence-electron chi connectivity index (χ2n) is 2.65. The van der Waals surface area contributed by atoms with Gasteiger partial charge in [-0.15, -0.1) is 0 Å². The molecule has 1 saturated heterocycles. The Kier molecular flexibility index (Phi) is 2.80. The van der Waals surface area contributed by atoms with Gasteiger partial charge in [0.15, 0.2) is 0 Å². The van der Waals surface area contributed by atoms with Crippen molar-refractivity contribution in [3.8, 4) is 0 Å². The van der Waals surface area contributed by atoms with Gasteiger partial charge in [-0.2, -0.15) is 0 Å². The van der Waals surface area contributed by atoms with Crippen molar-refractivity contribution in [3.63, 3.8) is 0 Å². The van der Waals surface area contributed by atoms with E-state index in [-0.39, 0.29) is 6.61 Å². The van der Waals surface area contributed by atoms with Crippen LogP contribution in [0, 0.1) is 0 Å². The van der Waals surface area contributed by atoms with E-state index in [4.69, 9.17) is 0 Å². The molecule has 0 saturated carbocycles. The van der Waals surface area contributed by atoms with Gasteiger partial charge in [-0.25, -0.2) is 0 Å². The molecule has 0 aromatic carbocycles. The van der Waals surface area contributed by atoms with E-state index in [1.54, 1.807) is 0 Å². The van der Waals surface area contributed by atoms with E-state index in [0.29, 0.717) is 7.11 Å². The average molecular weight is 240 g/mol. The van der Waals surface area contributed by atoms with Crippen LogP contribution in [0.15, 0.2) is 0 Å². The Morgan fingerprint density at radius 3 is 2.29 bits per heavy atom. The van der Waals surface area contributed by atoms with Crippen molar-refractivity contribution in [1.29, 1.82) is 0 Å². The van der Waals surface area contributed by atoms with E-state index in [9.17, 15) is 17.4 Å².